The molecule has 5 rings (SSSR count). The highest BCUT2D eigenvalue weighted by atomic mass is 16.6. The van der Waals surface area contributed by atoms with Crippen LogP contribution < -0.4 is 30.7 Å². The maximum absolute atomic E-state index is 12.2. The molecule has 1 aromatic heterocycles. The highest BCUT2D eigenvalue weighted by molar-refractivity contribution is 5.97. The Labute approximate surface area is 256 Å². The number of fused-ring (bicyclic) bond motifs is 1. The molecule has 0 bridgehead atoms. The molecule has 0 saturated carbocycles. The molecule has 2 aliphatic heterocycles. The van der Waals surface area contributed by atoms with Crippen molar-refractivity contribution < 1.29 is 28.5 Å². The number of aromatic nitrogens is 2. The lowest BCUT2D eigenvalue weighted by Gasteiger charge is -2.25. The number of rotatable bonds is 9. The van der Waals surface area contributed by atoms with Crippen LogP contribution in [0.3, 0.4) is 0 Å². The standard InChI is InChI=1S/C31H39N7O6/c1-2-27(39)34-23-7-3-4-8-24(23)35-29-22(20-32)30(36-28-9-5-6-12-44-28)38-31(37-29)33-21-10-11-25-26(19-21)43-18-16-41-14-13-40-15-17-42-25/h3-4,7-8,10-11,19-20,28,32H,2,5-6,9,12-18H2,1H3,(H,34,39)(H3,33,35,36,37,38). The van der Waals surface area contributed by atoms with Crippen molar-refractivity contribution >= 4 is 46.8 Å². The number of hydrogen-bond donors (Lipinski definition) is 5. The molecule has 1 amide bonds. The summed E-state index contributed by atoms with van der Waals surface area (Å²) in [5.41, 5.74) is 2.33. The molecule has 1 unspecified atom stereocenters. The molecule has 1 saturated heterocycles. The maximum atomic E-state index is 12.2. The van der Waals surface area contributed by atoms with E-state index >= 15 is 0 Å². The van der Waals surface area contributed by atoms with Crippen LogP contribution >= 0.6 is 0 Å². The Balaban J connectivity index is 1.46. The minimum atomic E-state index is -0.247. The minimum Gasteiger partial charge on any atom is -0.487 e. The predicted octanol–water partition coefficient (Wildman–Crippen LogP) is 5.05. The van der Waals surface area contributed by atoms with Crippen LogP contribution in [0, 0.1) is 5.41 Å². The molecule has 3 aromatic rings. The topological polar surface area (TPSA) is 161 Å². The van der Waals surface area contributed by atoms with Gasteiger partial charge in [-0.1, -0.05) is 19.1 Å². The van der Waals surface area contributed by atoms with Gasteiger partial charge in [0.1, 0.15) is 31.1 Å². The minimum absolute atomic E-state index is 0.116. The summed E-state index contributed by atoms with van der Waals surface area (Å²) < 4.78 is 28.8. The normalized spacial score (nSPS) is 17.3. The number of hydrogen-bond acceptors (Lipinski definition) is 12. The molecule has 0 spiro atoms. The third-order valence-electron chi connectivity index (χ3n) is 6.89. The van der Waals surface area contributed by atoms with Gasteiger partial charge in [-0.25, -0.2) is 0 Å². The summed E-state index contributed by atoms with van der Waals surface area (Å²) in [5.74, 6) is 2.10. The van der Waals surface area contributed by atoms with E-state index in [0.717, 1.165) is 19.3 Å². The van der Waals surface area contributed by atoms with E-state index in [9.17, 15) is 4.79 Å². The van der Waals surface area contributed by atoms with Gasteiger partial charge in [0.15, 0.2) is 11.5 Å². The van der Waals surface area contributed by atoms with Gasteiger partial charge in [-0.05, 0) is 43.5 Å². The van der Waals surface area contributed by atoms with E-state index in [4.69, 9.17) is 39.1 Å². The van der Waals surface area contributed by atoms with Gasteiger partial charge in [0, 0.05) is 31.0 Å². The van der Waals surface area contributed by atoms with Gasteiger partial charge in [-0.2, -0.15) is 9.97 Å². The summed E-state index contributed by atoms with van der Waals surface area (Å²) in [4.78, 5) is 21.7. The zero-order valence-corrected chi connectivity index (χ0v) is 24.8. The number of ether oxygens (including phenoxy) is 5. The first kappa shape index (κ1) is 31.0. The highest BCUT2D eigenvalue weighted by Gasteiger charge is 2.20. The summed E-state index contributed by atoms with van der Waals surface area (Å²) in [6, 6.07) is 12.8. The average Bonchev–Trinajstić information content (AvgIpc) is 3.03. The SMILES string of the molecule is CCC(=O)Nc1ccccc1Nc1nc(Nc2ccc3c(c2)OCCOCCOCCO3)nc(NC2CCCCO2)c1C=N. The fourth-order valence-electron chi connectivity index (χ4n) is 4.63. The van der Waals surface area contributed by atoms with Crippen molar-refractivity contribution in [2.45, 2.75) is 38.8 Å². The summed E-state index contributed by atoms with van der Waals surface area (Å²) in [6.45, 7) is 5.04. The quantitative estimate of drug-likeness (QED) is 0.208. The second kappa shape index (κ2) is 15.8. The molecule has 1 atom stereocenters. The first-order valence-electron chi connectivity index (χ1n) is 14.9. The van der Waals surface area contributed by atoms with E-state index in [-0.39, 0.29) is 18.1 Å². The van der Waals surface area contributed by atoms with Gasteiger partial charge in [0.25, 0.3) is 0 Å². The van der Waals surface area contributed by atoms with Crippen LogP contribution in [0.4, 0.5) is 34.6 Å². The van der Waals surface area contributed by atoms with Crippen molar-refractivity contribution in [1.82, 2.24) is 9.97 Å². The monoisotopic (exact) mass is 605 g/mol. The van der Waals surface area contributed by atoms with Crippen molar-refractivity contribution in [3.63, 3.8) is 0 Å². The van der Waals surface area contributed by atoms with Crippen molar-refractivity contribution in [3.8, 4) is 11.5 Å². The van der Waals surface area contributed by atoms with Gasteiger partial charge in [0.05, 0.1) is 43.4 Å². The Morgan fingerprint density at radius 2 is 1.61 bits per heavy atom. The number of carbonyl (C=O) groups is 1. The number of nitrogens with zero attached hydrogens (tertiary/aromatic N) is 2. The van der Waals surface area contributed by atoms with Crippen LogP contribution in [0.2, 0.25) is 0 Å². The smallest absolute Gasteiger partial charge is 0.231 e. The molecule has 0 aliphatic carbocycles. The van der Waals surface area contributed by atoms with Gasteiger partial charge in [-0.15, -0.1) is 0 Å². The lowest BCUT2D eigenvalue weighted by Crippen LogP contribution is -2.28. The number of nitrogens with one attached hydrogen (secondary N) is 5. The maximum Gasteiger partial charge on any atom is 0.231 e. The lowest BCUT2D eigenvalue weighted by atomic mass is 10.2. The number of carbonyl (C=O) groups excluding carboxylic acids is 1. The number of anilines is 6. The second-order valence-corrected chi connectivity index (χ2v) is 10.1. The van der Waals surface area contributed by atoms with Crippen LogP contribution in [0.15, 0.2) is 42.5 Å². The Kier molecular flexibility index (Phi) is 11.2. The molecule has 3 heterocycles. The van der Waals surface area contributed by atoms with Crippen molar-refractivity contribution in [2.75, 3.05) is 67.5 Å². The first-order chi connectivity index (χ1) is 21.6. The fourth-order valence-corrected chi connectivity index (χ4v) is 4.63. The summed E-state index contributed by atoms with van der Waals surface area (Å²) in [7, 11) is 0. The van der Waals surface area contributed by atoms with Crippen molar-refractivity contribution in [2.24, 2.45) is 0 Å². The van der Waals surface area contributed by atoms with E-state index in [2.05, 4.69) is 21.3 Å². The van der Waals surface area contributed by atoms with Crippen LogP contribution in [-0.2, 0) is 19.0 Å². The summed E-state index contributed by atoms with van der Waals surface area (Å²) in [6.07, 6.45) is 4.14. The number of para-hydroxylation sites is 2. The molecule has 2 aromatic carbocycles. The predicted molar refractivity (Wildman–Crippen MR) is 168 cm³/mol. The van der Waals surface area contributed by atoms with E-state index in [0.29, 0.717) is 98.4 Å². The summed E-state index contributed by atoms with van der Waals surface area (Å²) in [5, 5.41) is 21.1. The highest BCUT2D eigenvalue weighted by Crippen LogP contribution is 2.34. The van der Waals surface area contributed by atoms with E-state index in [1.165, 1.54) is 6.21 Å². The number of benzene rings is 2. The third-order valence-corrected chi connectivity index (χ3v) is 6.89. The first-order valence-corrected chi connectivity index (χ1v) is 14.9. The van der Waals surface area contributed by atoms with Gasteiger partial charge in [0.2, 0.25) is 11.9 Å². The van der Waals surface area contributed by atoms with E-state index in [1.54, 1.807) is 13.0 Å². The van der Waals surface area contributed by atoms with E-state index < -0.39 is 0 Å². The summed E-state index contributed by atoms with van der Waals surface area (Å²) >= 11 is 0. The van der Waals surface area contributed by atoms with Gasteiger partial charge >= 0.3 is 0 Å². The molecular weight excluding hydrogens is 566 g/mol. The zero-order valence-electron chi connectivity index (χ0n) is 24.8. The molecule has 1 fully saturated rings. The zero-order chi connectivity index (χ0) is 30.6. The Bertz CT molecular complexity index is 1420. The molecule has 5 N–H and O–H groups in total. The van der Waals surface area contributed by atoms with Crippen LogP contribution in [0.25, 0.3) is 0 Å². The van der Waals surface area contributed by atoms with Gasteiger partial charge in [-0.3, -0.25) is 4.79 Å². The third kappa shape index (κ3) is 8.56. The molecule has 13 heteroatoms. The van der Waals surface area contributed by atoms with E-state index in [1.807, 2.05) is 36.4 Å². The number of amides is 1. The largest absolute Gasteiger partial charge is 0.487 e. The molecule has 13 nitrogen and oxygen atoms in total. The van der Waals surface area contributed by atoms with Crippen LogP contribution in [0.1, 0.15) is 38.2 Å². The lowest BCUT2D eigenvalue weighted by molar-refractivity contribution is -0.115. The average molecular weight is 606 g/mol. The van der Waals surface area contributed by atoms with Crippen LogP contribution in [0.5, 0.6) is 11.5 Å². The molecule has 44 heavy (non-hydrogen) atoms. The molecule has 2 aliphatic rings. The second-order valence-electron chi connectivity index (χ2n) is 10.1. The Morgan fingerprint density at radius 1 is 0.886 bits per heavy atom. The molecule has 0 radical (unpaired) electrons. The van der Waals surface area contributed by atoms with Gasteiger partial charge < -0.3 is 50.4 Å². The molecular formula is C31H39N7O6. The Morgan fingerprint density at radius 3 is 2.34 bits per heavy atom. The van der Waals surface area contributed by atoms with Crippen molar-refractivity contribution in [3.05, 3.63) is 48.0 Å². The van der Waals surface area contributed by atoms with Crippen LogP contribution in [-0.4, -0.2) is 74.6 Å². The Hall–Kier alpha value is -4.46. The van der Waals surface area contributed by atoms with Crippen molar-refractivity contribution in [1.29, 1.82) is 5.41 Å². The fraction of sp³-hybridized carbons (Fsp3) is 0.419. The molecule has 234 valence electrons.